The summed E-state index contributed by atoms with van der Waals surface area (Å²) in [5.41, 5.74) is 8.87. The molecule has 78 valence electrons. The van der Waals surface area contributed by atoms with Gasteiger partial charge >= 0.3 is 5.97 Å². The zero-order chi connectivity index (χ0) is 11.3. The molecule has 0 aliphatic carbocycles. The number of nitrogens with zero attached hydrogens (tertiary/aromatic N) is 3. The summed E-state index contributed by atoms with van der Waals surface area (Å²) < 4.78 is 4.51. The normalized spacial score (nSPS) is 11.3. The lowest BCUT2D eigenvalue weighted by Crippen LogP contribution is -2.11. The van der Waals surface area contributed by atoms with Gasteiger partial charge in [0.05, 0.1) is 7.11 Å². The molecule has 1 rings (SSSR count). The van der Waals surface area contributed by atoms with Crippen molar-refractivity contribution in [3.63, 3.8) is 0 Å². The Morgan fingerprint density at radius 2 is 2.13 bits per heavy atom. The van der Waals surface area contributed by atoms with Crippen molar-refractivity contribution in [1.29, 1.82) is 0 Å². The van der Waals surface area contributed by atoms with E-state index >= 15 is 0 Å². The Kier molecular flexibility index (Phi) is 3.97. The molecule has 0 fully saturated rings. The number of ether oxygens (including phenoxy) is 1. The molecule has 6 heteroatoms. The molecule has 0 aliphatic rings. The highest BCUT2D eigenvalue weighted by Crippen LogP contribution is 2.21. The number of rotatable bonds is 3. The molecule has 0 amide bonds. The van der Waals surface area contributed by atoms with Crippen LogP contribution < -0.4 is 0 Å². The number of carbonyl (C=O) groups excluding carboxylic acids is 1. The zero-order valence-corrected chi connectivity index (χ0v) is 8.68. The van der Waals surface area contributed by atoms with Crippen LogP contribution >= 0.6 is 11.6 Å². The van der Waals surface area contributed by atoms with Crippen LogP contribution in [-0.4, -0.2) is 13.1 Å². The number of carbonyl (C=O) groups is 1. The van der Waals surface area contributed by atoms with Crippen molar-refractivity contribution in [3.8, 4) is 0 Å². The maximum Gasteiger partial charge on any atom is 0.319 e. The summed E-state index contributed by atoms with van der Waals surface area (Å²) in [5.74, 6) is -0.602. The summed E-state index contributed by atoms with van der Waals surface area (Å²) >= 11 is 5.69. The van der Waals surface area contributed by atoms with Crippen molar-refractivity contribution in [2.75, 3.05) is 7.11 Å². The second-order valence-corrected chi connectivity index (χ2v) is 3.12. The van der Waals surface area contributed by atoms with Crippen LogP contribution in [0.1, 0.15) is 11.6 Å². The van der Waals surface area contributed by atoms with Crippen LogP contribution in [0.25, 0.3) is 10.4 Å². The lowest BCUT2D eigenvalue weighted by Gasteiger charge is -2.08. The highest BCUT2D eigenvalue weighted by Gasteiger charge is 2.19. The van der Waals surface area contributed by atoms with E-state index in [1.807, 2.05) is 0 Å². The summed E-state index contributed by atoms with van der Waals surface area (Å²) in [6.45, 7) is 0. The molecule has 0 bridgehead atoms. The van der Waals surface area contributed by atoms with E-state index in [-0.39, 0.29) is 0 Å². The molecule has 0 saturated heterocycles. The van der Waals surface area contributed by atoms with Gasteiger partial charge < -0.3 is 4.74 Å². The molecule has 0 spiro atoms. The molecule has 0 N–H and O–H groups in total. The number of halogens is 1. The smallest absolute Gasteiger partial charge is 0.319 e. The SMILES string of the molecule is COC(=O)C(N=[N+]=[N-])c1ccc(Cl)cc1. The molecule has 1 aromatic rings. The molecule has 1 atom stereocenters. The second-order valence-electron chi connectivity index (χ2n) is 2.68. The third-order valence-corrected chi connectivity index (χ3v) is 2.03. The lowest BCUT2D eigenvalue weighted by atomic mass is 10.1. The fraction of sp³-hybridized carbons (Fsp3) is 0.222. The molecule has 0 heterocycles. The van der Waals surface area contributed by atoms with Crippen molar-refractivity contribution >= 4 is 17.6 Å². The molecule has 0 radical (unpaired) electrons. The third kappa shape index (κ3) is 2.87. The van der Waals surface area contributed by atoms with E-state index in [1.165, 1.54) is 7.11 Å². The monoisotopic (exact) mass is 225 g/mol. The summed E-state index contributed by atoms with van der Waals surface area (Å²) in [6.07, 6.45) is 0. The molecule has 0 aliphatic heterocycles. The number of methoxy groups -OCH3 is 1. The highest BCUT2D eigenvalue weighted by atomic mass is 35.5. The van der Waals surface area contributed by atoms with E-state index in [1.54, 1.807) is 24.3 Å². The summed E-state index contributed by atoms with van der Waals surface area (Å²) in [6, 6.07) is 5.48. The zero-order valence-electron chi connectivity index (χ0n) is 7.92. The van der Waals surface area contributed by atoms with E-state index in [0.29, 0.717) is 10.6 Å². The first-order valence-electron chi connectivity index (χ1n) is 4.06. The van der Waals surface area contributed by atoms with E-state index in [4.69, 9.17) is 17.1 Å². The minimum atomic E-state index is -0.961. The van der Waals surface area contributed by atoms with Gasteiger partial charge in [0.2, 0.25) is 0 Å². The number of esters is 1. The summed E-state index contributed by atoms with van der Waals surface area (Å²) in [5, 5.41) is 3.90. The van der Waals surface area contributed by atoms with Crippen molar-refractivity contribution in [2.45, 2.75) is 6.04 Å². The van der Waals surface area contributed by atoms with Gasteiger partial charge in [-0.25, -0.2) is 0 Å². The molecule has 5 nitrogen and oxygen atoms in total. The summed E-state index contributed by atoms with van der Waals surface area (Å²) in [4.78, 5) is 13.9. The maximum atomic E-state index is 11.3. The second kappa shape index (κ2) is 5.24. The van der Waals surface area contributed by atoms with Gasteiger partial charge in [-0.05, 0) is 23.2 Å². The first-order valence-corrected chi connectivity index (χ1v) is 4.44. The van der Waals surface area contributed by atoms with E-state index in [2.05, 4.69) is 14.8 Å². The van der Waals surface area contributed by atoms with Crippen LogP contribution in [0, 0.1) is 0 Å². The van der Waals surface area contributed by atoms with Crippen molar-refractivity contribution in [2.24, 2.45) is 5.11 Å². The average Bonchev–Trinajstić information content (AvgIpc) is 2.26. The first-order chi connectivity index (χ1) is 7.19. The van der Waals surface area contributed by atoms with Gasteiger partial charge in [-0.2, -0.15) is 0 Å². The predicted octanol–water partition coefficient (Wildman–Crippen LogP) is 2.86. The highest BCUT2D eigenvalue weighted by molar-refractivity contribution is 6.30. The molecular weight excluding hydrogens is 218 g/mol. The van der Waals surface area contributed by atoms with Gasteiger partial charge in [-0.3, -0.25) is 4.79 Å². The lowest BCUT2D eigenvalue weighted by molar-refractivity contribution is -0.142. The number of hydrogen-bond donors (Lipinski definition) is 0. The van der Waals surface area contributed by atoms with Gasteiger partial charge in [0.25, 0.3) is 0 Å². The summed E-state index contributed by atoms with van der Waals surface area (Å²) in [7, 11) is 1.23. The van der Waals surface area contributed by atoms with Gasteiger partial charge in [-0.1, -0.05) is 28.8 Å². The minimum absolute atomic E-state index is 0.545. The molecule has 0 aromatic heterocycles. The number of azide groups is 1. The van der Waals surface area contributed by atoms with Crippen LogP contribution in [0.3, 0.4) is 0 Å². The Balaban J connectivity index is 3.04. The average molecular weight is 226 g/mol. The molecule has 0 saturated carbocycles. The largest absolute Gasteiger partial charge is 0.468 e. The Labute approximate surface area is 91.2 Å². The Bertz CT molecular complexity index is 398. The van der Waals surface area contributed by atoms with Crippen LogP contribution in [-0.2, 0) is 9.53 Å². The first kappa shape index (κ1) is 11.4. The van der Waals surface area contributed by atoms with Crippen LogP contribution in [0.5, 0.6) is 0 Å². The van der Waals surface area contributed by atoms with Crippen LogP contribution in [0.4, 0.5) is 0 Å². The predicted molar refractivity (Wildman–Crippen MR) is 55.4 cm³/mol. The van der Waals surface area contributed by atoms with Crippen LogP contribution in [0.15, 0.2) is 29.4 Å². The maximum absolute atomic E-state index is 11.3. The van der Waals surface area contributed by atoms with Crippen molar-refractivity contribution in [3.05, 3.63) is 45.3 Å². The Morgan fingerprint density at radius 3 is 2.60 bits per heavy atom. The quantitative estimate of drug-likeness (QED) is 0.343. The standard InChI is InChI=1S/C9H8ClN3O2/c1-15-9(14)8(12-13-11)6-2-4-7(10)5-3-6/h2-5,8H,1H3. The Morgan fingerprint density at radius 1 is 1.53 bits per heavy atom. The van der Waals surface area contributed by atoms with Gasteiger partial charge in [0.1, 0.15) is 0 Å². The van der Waals surface area contributed by atoms with Gasteiger partial charge in [-0.15, -0.1) is 0 Å². The van der Waals surface area contributed by atoms with Crippen molar-refractivity contribution in [1.82, 2.24) is 0 Å². The topological polar surface area (TPSA) is 75.1 Å². The molecule has 1 unspecified atom stereocenters. The van der Waals surface area contributed by atoms with Crippen LogP contribution in [0.2, 0.25) is 5.02 Å². The fourth-order valence-electron chi connectivity index (χ4n) is 1.06. The molecular formula is C9H8ClN3O2. The minimum Gasteiger partial charge on any atom is -0.468 e. The van der Waals surface area contributed by atoms with Crippen molar-refractivity contribution < 1.29 is 9.53 Å². The number of benzene rings is 1. The number of hydrogen-bond acceptors (Lipinski definition) is 3. The fourth-order valence-corrected chi connectivity index (χ4v) is 1.18. The molecule has 1 aromatic carbocycles. The third-order valence-electron chi connectivity index (χ3n) is 1.78. The van der Waals surface area contributed by atoms with E-state index in [9.17, 15) is 4.79 Å². The van der Waals surface area contributed by atoms with Gasteiger partial charge in [0, 0.05) is 9.93 Å². The van der Waals surface area contributed by atoms with E-state index < -0.39 is 12.0 Å². The van der Waals surface area contributed by atoms with Gasteiger partial charge in [0.15, 0.2) is 6.04 Å². The van der Waals surface area contributed by atoms with E-state index in [0.717, 1.165) is 0 Å². The molecule has 15 heavy (non-hydrogen) atoms. The Hall–Kier alpha value is -1.71.